The van der Waals surface area contributed by atoms with Gasteiger partial charge in [-0.15, -0.1) is 0 Å². The van der Waals surface area contributed by atoms with E-state index >= 15 is 0 Å². The summed E-state index contributed by atoms with van der Waals surface area (Å²) in [6.45, 7) is 1.58. The van der Waals surface area contributed by atoms with Crippen LogP contribution in [0.2, 0.25) is 0 Å². The van der Waals surface area contributed by atoms with Crippen LogP contribution < -0.4 is 14.2 Å². The molecule has 112 valence electrons. The molecule has 0 bridgehead atoms. The van der Waals surface area contributed by atoms with E-state index < -0.39 is 18.0 Å². The molecular formula is C14H20O6. The summed E-state index contributed by atoms with van der Waals surface area (Å²) in [6, 6.07) is 3.18. The Kier molecular flexibility index (Phi) is 5.64. The third-order valence-corrected chi connectivity index (χ3v) is 3.10. The van der Waals surface area contributed by atoms with E-state index in [1.165, 1.54) is 28.4 Å². The molecule has 0 amide bonds. The molecular weight excluding hydrogens is 264 g/mol. The highest BCUT2D eigenvalue weighted by atomic mass is 16.5. The molecule has 0 aliphatic heterocycles. The molecule has 0 aromatic heterocycles. The number of carbonyl (C=O) groups is 1. The molecule has 1 aromatic carbocycles. The van der Waals surface area contributed by atoms with Gasteiger partial charge in [0.15, 0.2) is 11.5 Å². The van der Waals surface area contributed by atoms with Gasteiger partial charge in [0.25, 0.3) is 0 Å². The summed E-state index contributed by atoms with van der Waals surface area (Å²) in [7, 11) is 5.74. The number of hydrogen-bond acceptors (Lipinski definition) is 6. The minimum atomic E-state index is -1.07. The molecule has 6 heteroatoms. The van der Waals surface area contributed by atoms with Crippen LogP contribution in [0, 0.1) is 5.92 Å². The van der Waals surface area contributed by atoms with Gasteiger partial charge < -0.3 is 24.1 Å². The van der Waals surface area contributed by atoms with Crippen LogP contribution in [0.5, 0.6) is 17.2 Å². The third kappa shape index (κ3) is 3.14. The Hall–Kier alpha value is -1.95. The van der Waals surface area contributed by atoms with Crippen LogP contribution in [0.4, 0.5) is 0 Å². The second kappa shape index (κ2) is 7.00. The molecule has 6 nitrogen and oxygen atoms in total. The maximum Gasteiger partial charge on any atom is 0.311 e. The second-order valence-electron chi connectivity index (χ2n) is 4.21. The Labute approximate surface area is 118 Å². The highest BCUT2D eigenvalue weighted by Crippen LogP contribution is 2.39. The van der Waals surface area contributed by atoms with Crippen LogP contribution in [0.25, 0.3) is 0 Å². The van der Waals surface area contributed by atoms with E-state index in [-0.39, 0.29) is 0 Å². The topological polar surface area (TPSA) is 74.2 Å². The van der Waals surface area contributed by atoms with E-state index in [0.717, 1.165) is 0 Å². The predicted molar refractivity (Wildman–Crippen MR) is 72.2 cm³/mol. The van der Waals surface area contributed by atoms with E-state index in [4.69, 9.17) is 14.2 Å². The summed E-state index contributed by atoms with van der Waals surface area (Å²) in [5.74, 6) is 0.0951. The van der Waals surface area contributed by atoms with E-state index in [2.05, 4.69) is 4.74 Å². The predicted octanol–water partition coefficient (Wildman–Crippen LogP) is 1.55. The molecule has 0 aliphatic rings. The van der Waals surface area contributed by atoms with Crippen molar-refractivity contribution in [2.75, 3.05) is 28.4 Å². The molecule has 20 heavy (non-hydrogen) atoms. The number of carbonyl (C=O) groups excluding carboxylic acids is 1. The lowest BCUT2D eigenvalue weighted by atomic mass is 9.96. The van der Waals surface area contributed by atoms with Crippen molar-refractivity contribution in [2.24, 2.45) is 5.92 Å². The molecule has 0 fully saturated rings. The van der Waals surface area contributed by atoms with Crippen molar-refractivity contribution < 1.29 is 28.8 Å². The summed E-state index contributed by atoms with van der Waals surface area (Å²) >= 11 is 0. The van der Waals surface area contributed by atoms with Crippen molar-refractivity contribution in [3.8, 4) is 17.2 Å². The molecule has 1 aromatic rings. The van der Waals surface area contributed by atoms with Gasteiger partial charge in [-0.1, -0.05) is 0 Å². The first-order valence-electron chi connectivity index (χ1n) is 6.05. The number of hydrogen-bond donors (Lipinski definition) is 1. The fourth-order valence-electron chi connectivity index (χ4n) is 1.87. The smallest absolute Gasteiger partial charge is 0.311 e. The molecule has 0 aliphatic carbocycles. The summed E-state index contributed by atoms with van der Waals surface area (Å²) in [6.07, 6.45) is -1.07. The zero-order valence-electron chi connectivity index (χ0n) is 12.3. The van der Waals surface area contributed by atoms with Gasteiger partial charge in [0.1, 0.15) is 5.75 Å². The van der Waals surface area contributed by atoms with Crippen molar-refractivity contribution in [1.29, 1.82) is 0 Å². The number of benzene rings is 1. The highest BCUT2D eigenvalue weighted by molar-refractivity contribution is 5.73. The first-order chi connectivity index (χ1) is 9.49. The summed E-state index contributed by atoms with van der Waals surface area (Å²) in [5, 5.41) is 10.3. The standard InChI is InChI=1S/C14H20O6/c1-8(14(16)20-5)13(15)9-6-11(18-3)12(19-4)7-10(9)17-2/h6-8,13,15H,1-5H3. The number of esters is 1. The van der Waals surface area contributed by atoms with Crippen LogP contribution >= 0.6 is 0 Å². The van der Waals surface area contributed by atoms with Gasteiger partial charge in [-0.25, -0.2) is 0 Å². The van der Waals surface area contributed by atoms with Gasteiger partial charge in [0, 0.05) is 11.6 Å². The summed E-state index contributed by atoms with van der Waals surface area (Å²) in [5.41, 5.74) is 0.433. The van der Waals surface area contributed by atoms with Gasteiger partial charge >= 0.3 is 5.97 Å². The van der Waals surface area contributed by atoms with Crippen molar-refractivity contribution in [2.45, 2.75) is 13.0 Å². The van der Waals surface area contributed by atoms with Gasteiger partial charge in [0.2, 0.25) is 0 Å². The molecule has 0 saturated carbocycles. The van der Waals surface area contributed by atoms with Crippen LogP contribution in [-0.2, 0) is 9.53 Å². The van der Waals surface area contributed by atoms with E-state index in [1.807, 2.05) is 0 Å². The minimum Gasteiger partial charge on any atom is -0.496 e. The largest absolute Gasteiger partial charge is 0.496 e. The Balaban J connectivity index is 3.25. The van der Waals surface area contributed by atoms with Gasteiger partial charge in [-0.05, 0) is 13.0 Å². The summed E-state index contributed by atoms with van der Waals surface area (Å²) < 4.78 is 20.2. The lowest BCUT2D eigenvalue weighted by Crippen LogP contribution is -2.21. The fourth-order valence-corrected chi connectivity index (χ4v) is 1.87. The maximum absolute atomic E-state index is 11.5. The lowest BCUT2D eigenvalue weighted by molar-refractivity contribution is -0.148. The van der Waals surface area contributed by atoms with Crippen LogP contribution in [0.3, 0.4) is 0 Å². The quantitative estimate of drug-likeness (QED) is 0.799. The number of methoxy groups -OCH3 is 4. The molecule has 0 radical (unpaired) electrons. The summed E-state index contributed by atoms with van der Waals surface area (Å²) in [4.78, 5) is 11.5. The van der Waals surface area contributed by atoms with Crippen LogP contribution in [0.1, 0.15) is 18.6 Å². The van der Waals surface area contributed by atoms with Crippen molar-refractivity contribution in [1.82, 2.24) is 0 Å². The molecule has 2 unspecified atom stereocenters. The highest BCUT2D eigenvalue weighted by Gasteiger charge is 2.28. The number of ether oxygens (including phenoxy) is 4. The third-order valence-electron chi connectivity index (χ3n) is 3.10. The van der Waals surface area contributed by atoms with Crippen molar-refractivity contribution >= 4 is 5.97 Å². The Morgan fingerprint density at radius 1 is 1.00 bits per heavy atom. The molecule has 0 spiro atoms. The number of aliphatic hydroxyl groups excluding tert-OH is 1. The zero-order chi connectivity index (χ0) is 15.3. The van der Waals surface area contributed by atoms with Gasteiger partial charge in [-0.2, -0.15) is 0 Å². The first kappa shape index (κ1) is 16.1. The fraction of sp³-hybridized carbons (Fsp3) is 0.500. The number of aliphatic hydroxyl groups is 1. The average Bonchev–Trinajstić information content (AvgIpc) is 2.50. The minimum absolute atomic E-state index is 0.408. The lowest BCUT2D eigenvalue weighted by Gasteiger charge is -2.21. The van der Waals surface area contributed by atoms with Crippen LogP contribution in [-0.4, -0.2) is 39.5 Å². The molecule has 1 N–H and O–H groups in total. The molecule has 2 atom stereocenters. The van der Waals surface area contributed by atoms with E-state index in [0.29, 0.717) is 22.8 Å². The zero-order valence-corrected chi connectivity index (χ0v) is 12.3. The normalized spacial score (nSPS) is 13.3. The Bertz CT molecular complexity index is 471. The number of rotatable bonds is 6. The second-order valence-corrected chi connectivity index (χ2v) is 4.21. The Morgan fingerprint density at radius 2 is 1.50 bits per heavy atom. The van der Waals surface area contributed by atoms with Crippen molar-refractivity contribution in [3.63, 3.8) is 0 Å². The average molecular weight is 284 g/mol. The maximum atomic E-state index is 11.5. The van der Waals surface area contributed by atoms with E-state index in [1.54, 1.807) is 19.1 Å². The van der Waals surface area contributed by atoms with Gasteiger partial charge in [-0.3, -0.25) is 4.79 Å². The first-order valence-corrected chi connectivity index (χ1v) is 6.05. The molecule has 1 rings (SSSR count). The monoisotopic (exact) mass is 284 g/mol. The van der Waals surface area contributed by atoms with Crippen LogP contribution in [0.15, 0.2) is 12.1 Å². The van der Waals surface area contributed by atoms with E-state index in [9.17, 15) is 9.90 Å². The Morgan fingerprint density at radius 3 is 1.95 bits per heavy atom. The van der Waals surface area contributed by atoms with Gasteiger partial charge in [0.05, 0.1) is 40.5 Å². The molecule has 0 saturated heterocycles. The SMILES string of the molecule is COC(=O)C(C)C(O)c1cc(OC)c(OC)cc1OC. The van der Waals surface area contributed by atoms with Crippen molar-refractivity contribution in [3.05, 3.63) is 17.7 Å². The molecule has 0 heterocycles.